The molecule has 0 bridgehead atoms. The van der Waals surface area contributed by atoms with Gasteiger partial charge in [0.1, 0.15) is 5.82 Å². The lowest BCUT2D eigenvalue weighted by Crippen LogP contribution is -2.06. The van der Waals surface area contributed by atoms with Crippen LogP contribution in [0, 0.1) is 19.7 Å². The van der Waals surface area contributed by atoms with Crippen molar-refractivity contribution in [1.82, 2.24) is 19.7 Å². The van der Waals surface area contributed by atoms with Gasteiger partial charge in [-0.1, -0.05) is 39.8 Å². The quantitative estimate of drug-likeness (QED) is 0.193. The number of hydrogen-bond acceptors (Lipinski definition) is 5. The molecule has 0 fully saturated rings. The first-order chi connectivity index (χ1) is 16.8. The second-order valence-electron chi connectivity index (χ2n) is 8.78. The standard InChI is InChI=1S/C27H24BrFN4S2/c1-15(2)33-26(31-32-27(33)35-14-18-7-8-19(28)12-22(18)29)21-13-24(25-6-5-9-34-25)30-23-11-17(4)16(3)10-20(21)23/h5-13,15H,14H2,1-4H3. The number of hydrogen-bond donors (Lipinski definition) is 0. The van der Waals surface area contributed by atoms with Crippen molar-refractivity contribution in [1.29, 1.82) is 0 Å². The minimum Gasteiger partial charge on any atom is -0.299 e. The highest BCUT2D eigenvalue weighted by atomic mass is 79.9. The molecule has 0 saturated heterocycles. The van der Waals surface area contributed by atoms with Crippen LogP contribution in [-0.4, -0.2) is 19.7 Å². The molecule has 0 saturated carbocycles. The average Bonchev–Trinajstić information content (AvgIpc) is 3.49. The van der Waals surface area contributed by atoms with Crippen molar-refractivity contribution in [3.63, 3.8) is 0 Å². The Bertz CT molecular complexity index is 1530. The van der Waals surface area contributed by atoms with E-state index in [4.69, 9.17) is 4.98 Å². The molecule has 0 radical (unpaired) electrons. The predicted octanol–water partition coefficient (Wildman–Crippen LogP) is 8.61. The van der Waals surface area contributed by atoms with Gasteiger partial charge in [0.15, 0.2) is 11.0 Å². The average molecular weight is 568 g/mol. The first kappa shape index (κ1) is 24.2. The number of nitrogens with zero attached hydrogens (tertiary/aromatic N) is 4. The van der Waals surface area contributed by atoms with E-state index in [2.05, 4.69) is 88.0 Å². The molecule has 0 unspecified atom stereocenters. The Morgan fingerprint density at radius 3 is 2.57 bits per heavy atom. The Morgan fingerprint density at radius 2 is 1.86 bits per heavy atom. The van der Waals surface area contributed by atoms with Crippen LogP contribution < -0.4 is 0 Å². The lowest BCUT2D eigenvalue weighted by Gasteiger charge is -2.16. The molecule has 3 aromatic heterocycles. The fourth-order valence-electron chi connectivity index (χ4n) is 4.03. The predicted molar refractivity (Wildman–Crippen MR) is 148 cm³/mol. The van der Waals surface area contributed by atoms with E-state index in [0.717, 1.165) is 42.5 Å². The Kier molecular flexibility index (Phi) is 6.79. The molecule has 8 heteroatoms. The van der Waals surface area contributed by atoms with Crippen LogP contribution in [0.4, 0.5) is 4.39 Å². The maximum absolute atomic E-state index is 14.4. The molecule has 0 atom stereocenters. The van der Waals surface area contributed by atoms with Gasteiger partial charge in [0, 0.05) is 27.2 Å². The zero-order valence-electron chi connectivity index (χ0n) is 19.8. The van der Waals surface area contributed by atoms with Crippen LogP contribution in [0.3, 0.4) is 0 Å². The SMILES string of the molecule is Cc1cc2nc(-c3cccs3)cc(-c3nnc(SCc4ccc(Br)cc4F)n3C(C)C)c2cc1C. The van der Waals surface area contributed by atoms with Crippen molar-refractivity contribution >= 4 is 49.9 Å². The smallest absolute Gasteiger partial charge is 0.192 e. The van der Waals surface area contributed by atoms with E-state index in [1.807, 2.05) is 12.1 Å². The molecule has 3 heterocycles. The lowest BCUT2D eigenvalue weighted by molar-refractivity contribution is 0.555. The summed E-state index contributed by atoms with van der Waals surface area (Å²) in [6.07, 6.45) is 0. The third kappa shape index (κ3) is 4.79. The monoisotopic (exact) mass is 566 g/mol. The molecule has 0 spiro atoms. The number of halogens is 2. The summed E-state index contributed by atoms with van der Waals surface area (Å²) < 4.78 is 17.3. The van der Waals surface area contributed by atoms with Gasteiger partial charge in [0.05, 0.1) is 16.1 Å². The summed E-state index contributed by atoms with van der Waals surface area (Å²) in [6.45, 7) is 8.47. The van der Waals surface area contributed by atoms with E-state index in [9.17, 15) is 4.39 Å². The second-order valence-corrected chi connectivity index (χ2v) is 11.6. The number of aryl methyl sites for hydroxylation is 2. The van der Waals surface area contributed by atoms with Gasteiger partial charge in [-0.15, -0.1) is 21.5 Å². The largest absolute Gasteiger partial charge is 0.299 e. The molecule has 5 rings (SSSR count). The fourth-order valence-corrected chi connectivity index (χ4v) is 6.10. The summed E-state index contributed by atoms with van der Waals surface area (Å²) in [4.78, 5) is 6.10. The number of rotatable bonds is 6. The molecule has 178 valence electrons. The summed E-state index contributed by atoms with van der Waals surface area (Å²) in [5, 5.41) is 13.1. The van der Waals surface area contributed by atoms with E-state index in [1.54, 1.807) is 17.4 Å². The van der Waals surface area contributed by atoms with Crippen LogP contribution in [0.5, 0.6) is 0 Å². The van der Waals surface area contributed by atoms with Crippen LogP contribution in [0.2, 0.25) is 0 Å². The van der Waals surface area contributed by atoms with Crippen molar-refractivity contribution in [2.24, 2.45) is 0 Å². The summed E-state index contributed by atoms with van der Waals surface area (Å²) in [7, 11) is 0. The highest BCUT2D eigenvalue weighted by molar-refractivity contribution is 9.10. The Labute approximate surface area is 220 Å². The van der Waals surface area contributed by atoms with E-state index >= 15 is 0 Å². The molecular formula is C27H24BrFN4S2. The van der Waals surface area contributed by atoms with Gasteiger partial charge in [-0.05, 0) is 86.2 Å². The van der Waals surface area contributed by atoms with Gasteiger partial charge >= 0.3 is 0 Å². The number of thiophene rings is 1. The highest BCUT2D eigenvalue weighted by Crippen LogP contribution is 2.37. The minimum absolute atomic E-state index is 0.122. The molecule has 4 nitrogen and oxygen atoms in total. The van der Waals surface area contributed by atoms with Gasteiger partial charge in [-0.3, -0.25) is 4.57 Å². The van der Waals surface area contributed by atoms with E-state index in [0.29, 0.717) is 11.3 Å². The molecule has 0 aliphatic rings. The number of thioether (sulfide) groups is 1. The van der Waals surface area contributed by atoms with E-state index in [-0.39, 0.29) is 11.9 Å². The molecule has 0 aliphatic carbocycles. The summed E-state index contributed by atoms with van der Waals surface area (Å²) in [5.41, 5.74) is 5.93. The number of pyridine rings is 1. The summed E-state index contributed by atoms with van der Waals surface area (Å²) >= 11 is 6.49. The van der Waals surface area contributed by atoms with Crippen LogP contribution >= 0.6 is 39.0 Å². The van der Waals surface area contributed by atoms with Gasteiger partial charge in [0.2, 0.25) is 0 Å². The van der Waals surface area contributed by atoms with E-state index in [1.165, 1.54) is 29.0 Å². The second kappa shape index (κ2) is 9.84. The topological polar surface area (TPSA) is 43.6 Å². The van der Waals surface area contributed by atoms with Gasteiger partial charge in [-0.25, -0.2) is 9.37 Å². The van der Waals surface area contributed by atoms with Gasteiger partial charge in [0.25, 0.3) is 0 Å². The van der Waals surface area contributed by atoms with Crippen LogP contribution in [0.1, 0.15) is 36.6 Å². The van der Waals surface area contributed by atoms with Crippen molar-refractivity contribution in [2.75, 3.05) is 0 Å². The summed E-state index contributed by atoms with van der Waals surface area (Å²) in [5.74, 6) is 1.04. The first-order valence-corrected chi connectivity index (χ1v) is 14.0. The minimum atomic E-state index is -0.228. The summed E-state index contributed by atoms with van der Waals surface area (Å²) in [6, 6.07) is 15.9. The maximum Gasteiger partial charge on any atom is 0.192 e. The van der Waals surface area contributed by atoms with Crippen LogP contribution in [0.15, 0.2) is 63.5 Å². The fraction of sp³-hybridized carbons (Fsp3) is 0.222. The van der Waals surface area contributed by atoms with Gasteiger partial charge in [-0.2, -0.15) is 0 Å². The van der Waals surface area contributed by atoms with Crippen LogP contribution in [0.25, 0.3) is 32.9 Å². The number of benzene rings is 2. The van der Waals surface area contributed by atoms with Crippen LogP contribution in [-0.2, 0) is 5.75 Å². The molecule has 5 aromatic rings. The highest BCUT2D eigenvalue weighted by Gasteiger charge is 2.21. The van der Waals surface area contributed by atoms with Gasteiger partial charge < -0.3 is 0 Å². The van der Waals surface area contributed by atoms with Crippen molar-refractivity contribution < 1.29 is 4.39 Å². The molecule has 0 aliphatic heterocycles. The number of fused-ring (bicyclic) bond motifs is 1. The molecule has 35 heavy (non-hydrogen) atoms. The third-order valence-corrected chi connectivity index (χ3v) is 8.37. The zero-order chi connectivity index (χ0) is 24.7. The molecule has 2 aromatic carbocycles. The zero-order valence-corrected chi connectivity index (χ0v) is 23.1. The third-order valence-electron chi connectivity index (χ3n) is 5.99. The lowest BCUT2D eigenvalue weighted by atomic mass is 10.0. The molecule has 0 N–H and O–H groups in total. The first-order valence-electron chi connectivity index (χ1n) is 11.3. The Hall–Kier alpha value is -2.55. The van der Waals surface area contributed by atoms with Crippen molar-refractivity contribution in [3.8, 4) is 22.0 Å². The Morgan fingerprint density at radius 1 is 1.06 bits per heavy atom. The maximum atomic E-state index is 14.4. The van der Waals surface area contributed by atoms with E-state index < -0.39 is 0 Å². The van der Waals surface area contributed by atoms with Crippen molar-refractivity contribution in [3.05, 3.63) is 80.9 Å². The number of aromatic nitrogens is 4. The Balaban J connectivity index is 1.63. The normalized spacial score (nSPS) is 11.6. The molecular weight excluding hydrogens is 543 g/mol. The molecule has 0 amide bonds. The van der Waals surface area contributed by atoms with Crippen molar-refractivity contribution in [2.45, 2.75) is 44.6 Å².